The van der Waals surface area contributed by atoms with Crippen LogP contribution in [0.25, 0.3) is 10.9 Å². The van der Waals surface area contributed by atoms with E-state index in [2.05, 4.69) is 10.1 Å². The van der Waals surface area contributed by atoms with Crippen molar-refractivity contribution in [2.24, 2.45) is 0 Å². The quantitative estimate of drug-likeness (QED) is 0.810. The number of urea groups is 1. The lowest BCUT2D eigenvalue weighted by Gasteiger charge is -2.26. The molecule has 3 amide bonds. The van der Waals surface area contributed by atoms with Gasteiger partial charge in [0, 0.05) is 30.2 Å². The highest BCUT2D eigenvalue weighted by Crippen LogP contribution is 2.28. The van der Waals surface area contributed by atoms with Gasteiger partial charge in [-0.15, -0.1) is 0 Å². The highest BCUT2D eigenvalue weighted by molar-refractivity contribution is 6.06. The molecule has 0 atom stereocenters. The summed E-state index contributed by atoms with van der Waals surface area (Å²) in [7, 11) is 1.26. The molecule has 1 saturated heterocycles. The second-order valence-corrected chi connectivity index (χ2v) is 5.52. The van der Waals surface area contributed by atoms with E-state index in [9.17, 15) is 24.3 Å². The third kappa shape index (κ3) is 3.03. The van der Waals surface area contributed by atoms with Gasteiger partial charge in [-0.25, -0.2) is 9.59 Å². The minimum atomic E-state index is -1.21. The Morgan fingerprint density at radius 1 is 1.32 bits per heavy atom. The molecular weight excluding hydrogens is 330 g/mol. The molecule has 0 radical (unpaired) electrons. The lowest BCUT2D eigenvalue weighted by molar-refractivity contribution is -0.139. The van der Waals surface area contributed by atoms with E-state index in [1.807, 2.05) is 0 Å². The molecule has 0 bridgehead atoms. The summed E-state index contributed by atoms with van der Waals surface area (Å²) in [5.74, 6) is -0.834. The topological polar surface area (TPSA) is 118 Å². The molecule has 0 spiro atoms. The summed E-state index contributed by atoms with van der Waals surface area (Å²) >= 11 is 0. The molecule has 0 unspecified atom stereocenters. The molecule has 0 aliphatic carbocycles. The molecule has 2 N–H and O–H groups in total. The first-order chi connectivity index (χ1) is 11.9. The van der Waals surface area contributed by atoms with Gasteiger partial charge in [-0.2, -0.15) is 0 Å². The van der Waals surface area contributed by atoms with Crippen LogP contribution in [-0.4, -0.2) is 47.3 Å². The van der Waals surface area contributed by atoms with Gasteiger partial charge < -0.3 is 9.84 Å². The van der Waals surface area contributed by atoms with Gasteiger partial charge in [0.05, 0.1) is 19.0 Å². The number of esters is 1. The normalized spacial score (nSPS) is 14.5. The van der Waals surface area contributed by atoms with Crippen LogP contribution in [-0.2, 0) is 20.7 Å². The highest BCUT2D eigenvalue weighted by atomic mass is 16.5. The van der Waals surface area contributed by atoms with Crippen molar-refractivity contribution < 1.29 is 29.0 Å². The summed E-state index contributed by atoms with van der Waals surface area (Å²) in [6.07, 6.45) is 0.243. The minimum Gasteiger partial charge on any atom is -0.469 e. The maximum absolute atomic E-state index is 12.0. The third-order valence-electron chi connectivity index (χ3n) is 4.01. The number of hydrogen-bond acceptors (Lipinski definition) is 5. The van der Waals surface area contributed by atoms with E-state index in [4.69, 9.17) is 0 Å². The van der Waals surface area contributed by atoms with Crippen LogP contribution in [0.1, 0.15) is 12.0 Å². The first-order valence-electron chi connectivity index (χ1n) is 7.46. The number of hydrogen-bond donors (Lipinski definition) is 2. The first kappa shape index (κ1) is 16.5. The third-order valence-corrected chi connectivity index (χ3v) is 4.01. The fourth-order valence-electron chi connectivity index (χ4n) is 2.79. The number of aromatic nitrogens is 1. The van der Waals surface area contributed by atoms with E-state index in [0.717, 1.165) is 4.57 Å². The molecule has 1 aromatic heterocycles. The average molecular weight is 345 g/mol. The Hall–Kier alpha value is -3.36. The van der Waals surface area contributed by atoms with E-state index in [1.54, 1.807) is 18.2 Å². The van der Waals surface area contributed by atoms with Crippen LogP contribution < -0.4 is 10.2 Å². The molecule has 1 aliphatic heterocycles. The van der Waals surface area contributed by atoms with E-state index >= 15 is 0 Å². The van der Waals surface area contributed by atoms with Crippen molar-refractivity contribution in [1.82, 2.24) is 9.88 Å². The molecule has 2 heterocycles. The zero-order valence-corrected chi connectivity index (χ0v) is 13.3. The van der Waals surface area contributed by atoms with Crippen molar-refractivity contribution >= 4 is 40.6 Å². The van der Waals surface area contributed by atoms with Crippen LogP contribution in [0.4, 0.5) is 15.3 Å². The number of ether oxygens (including phenoxy) is 1. The van der Waals surface area contributed by atoms with Crippen LogP contribution in [0.3, 0.4) is 0 Å². The molecule has 1 fully saturated rings. The Morgan fingerprint density at radius 2 is 2.08 bits per heavy atom. The number of fused-ring (bicyclic) bond motifs is 1. The van der Waals surface area contributed by atoms with Gasteiger partial charge in [-0.1, -0.05) is 6.07 Å². The van der Waals surface area contributed by atoms with Crippen LogP contribution in [0, 0.1) is 0 Å². The lowest BCUT2D eigenvalue weighted by Crippen LogP contribution is -2.49. The van der Waals surface area contributed by atoms with Crippen molar-refractivity contribution in [3.63, 3.8) is 0 Å². The number of carbonyl (C=O) groups is 4. The van der Waals surface area contributed by atoms with E-state index in [-0.39, 0.29) is 25.3 Å². The van der Waals surface area contributed by atoms with Crippen LogP contribution in [0.2, 0.25) is 0 Å². The Bertz CT molecular complexity index is 901. The SMILES string of the molecule is COC(=O)Cc1cn(C(=O)O)c2cc(N3CCC(=O)NC3=O)ccc12. The Balaban J connectivity index is 2.05. The van der Waals surface area contributed by atoms with Gasteiger partial charge in [0.25, 0.3) is 0 Å². The van der Waals surface area contributed by atoms with Gasteiger partial charge in [-0.3, -0.25) is 24.4 Å². The molecule has 2 aromatic rings. The maximum atomic E-state index is 12.0. The minimum absolute atomic E-state index is 0.0642. The number of benzene rings is 1. The van der Waals surface area contributed by atoms with Crippen molar-refractivity contribution in [3.05, 3.63) is 30.0 Å². The predicted molar refractivity (Wildman–Crippen MR) is 86.6 cm³/mol. The molecular formula is C16H15N3O6. The summed E-state index contributed by atoms with van der Waals surface area (Å²) < 4.78 is 5.62. The molecule has 0 saturated carbocycles. The number of imide groups is 1. The maximum Gasteiger partial charge on any atom is 0.416 e. The second kappa shape index (κ2) is 6.27. The summed E-state index contributed by atoms with van der Waals surface area (Å²) in [4.78, 5) is 47.6. The Morgan fingerprint density at radius 3 is 2.72 bits per heavy atom. The molecule has 25 heavy (non-hydrogen) atoms. The van der Waals surface area contributed by atoms with Crippen molar-refractivity contribution in [3.8, 4) is 0 Å². The Kier molecular flexibility index (Phi) is 4.14. The Labute approximate surface area is 141 Å². The largest absolute Gasteiger partial charge is 0.469 e. The molecule has 3 rings (SSSR count). The van der Waals surface area contributed by atoms with Crippen LogP contribution >= 0.6 is 0 Å². The standard InChI is InChI=1S/C16H15N3O6/c1-25-14(21)6-9-8-19(16(23)24)12-7-10(2-3-11(9)12)18-5-4-13(20)17-15(18)22/h2-3,7-8H,4-6H2,1H3,(H,23,24)(H,17,20,22). The van der Waals surface area contributed by atoms with E-state index in [1.165, 1.54) is 18.2 Å². The molecule has 1 aromatic carbocycles. The van der Waals surface area contributed by atoms with Crippen molar-refractivity contribution in [2.75, 3.05) is 18.6 Å². The smallest absolute Gasteiger partial charge is 0.416 e. The lowest BCUT2D eigenvalue weighted by atomic mass is 10.1. The fourth-order valence-corrected chi connectivity index (χ4v) is 2.79. The van der Waals surface area contributed by atoms with Gasteiger partial charge >= 0.3 is 18.1 Å². The number of carboxylic acid groups (broad SMARTS) is 1. The second-order valence-electron chi connectivity index (χ2n) is 5.52. The van der Waals surface area contributed by atoms with Crippen LogP contribution in [0.5, 0.6) is 0 Å². The molecule has 1 aliphatic rings. The van der Waals surface area contributed by atoms with E-state index in [0.29, 0.717) is 22.2 Å². The number of nitrogens with one attached hydrogen (secondary N) is 1. The fraction of sp³-hybridized carbons (Fsp3) is 0.250. The summed E-state index contributed by atoms with van der Waals surface area (Å²) in [5, 5.41) is 12.2. The van der Waals surface area contributed by atoms with Crippen molar-refractivity contribution in [1.29, 1.82) is 0 Å². The average Bonchev–Trinajstić information content (AvgIpc) is 2.92. The zero-order valence-electron chi connectivity index (χ0n) is 13.3. The number of amides is 3. The van der Waals surface area contributed by atoms with Crippen molar-refractivity contribution in [2.45, 2.75) is 12.8 Å². The van der Waals surface area contributed by atoms with Crippen LogP contribution in [0.15, 0.2) is 24.4 Å². The van der Waals surface area contributed by atoms with E-state index < -0.39 is 18.1 Å². The summed E-state index contributed by atoms with van der Waals surface area (Å²) in [6.45, 7) is 0.207. The number of anilines is 1. The number of rotatable bonds is 3. The summed E-state index contributed by atoms with van der Waals surface area (Å²) in [6, 6.07) is 4.27. The number of methoxy groups -OCH3 is 1. The number of carbonyl (C=O) groups excluding carboxylic acids is 3. The predicted octanol–water partition coefficient (Wildman–Crippen LogP) is 1.33. The van der Waals surface area contributed by atoms with Gasteiger partial charge in [0.15, 0.2) is 0 Å². The number of nitrogens with zero attached hydrogens (tertiary/aromatic N) is 2. The van der Waals surface area contributed by atoms with Gasteiger partial charge in [0.1, 0.15) is 0 Å². The monoisotopic (exact) mass is 345 g/mol. The summed E-state index contributed by atoms with van der Waals surface area (Å²) in [5.41, 5.74) is 1.31. The molecule has 9 nitrogen and oxygen atoms in total. The molecule has 9 heteroatoms. The molecule has 130 valence electrons. The highest BCUT2D eigenvalue weighted by Gasteiger charge is 2.25. The van der Waals surface area contributed by atoms with Gasteiger partial charge in [-0.05, 0) is 17.7 Å². The first-order valence-corrected chi connectivity index (χ1v) is 7.46. The van der Waals surface area contributed by atoms with Gasteiger partial charge in [0.2, 0.25) is 5.91 Å². The zero-order chi connectivity index (χ0) is 18.1.